The Morgan fingerprint density at radius 1 is 1.39 bits per heavy atom. The lowest BCUT2D eigenvalue weighted by molar-refractivity contribution is 0.589. The Labute approximate surface area is 114 Å². The van der Waals surface area contributed by atoms with Crippen molar-refractivity contribution in [2.75, 3.05) is 12.4 Å². The summed E-state index contributed by atoms with van der Waals surface area (Å²) in [6.45, 7) is 1.84. The van der Waals surface area contributed by atoms with Gasteiger partial charge in [-0.15, -0.1) is 0 Å². The van der Waals surface area contributed by atoms with Crippen molar-refractivity contribution < 1.29 is 4.42 Å². The number of nitrogens with zero attached hydrogens (tertiary/aromatic N) is 2. The van der Waals surface area contributed by atoms with E-state index in [2.05, 4.69) is 10.3 Å². The highest BCUT2D eigenvalue weighted by molar-refractivity contribution is 6.35. The van der Waals surface area contributed by atoms with Gasteiger partial charge >= 0.3 is 0 Å². The zero-order valence-corrected chi connectivity index (χ0v) is 11.2. The molecule has 1 N–H and O–H groups in total. The molecule has 0 fully saturated rings. The van der Waals surface area contributed by atoms with Gasteiger partial charge in [-0.2, -0.15) is 10.2 Å². The number of halogens is 2. The van der Waals surface area contributed by atoms with E-state index in [9.17, 15) is 0 Å². The van der Waals surface area contributed by atoms with Crippen LogP contribution in [0.3, 0.4) is 0 Å². The molecule has 0 aliphatic heterocycles. The van der Waals surface area contributed by atoms with Crippen molar-refractivity contribution in [3.8, 4) is 17.5 Å². The lowest BCUT2D eigenvalue weighted by atomic mass is 10.1. The second kappa shape index (κ2) is 4.89. The summed E-state index contributed by atoms with van der Waals surface area (Å²) in [5.41, 5.74) is 1.67. The van der Waals surface area contributed by atoms with Gasteiger partial charge in [0.15, 0.2) is 0 Å². The van der Waals surface area contributed by atoms with Crippen molar-refractivity contribution in [2.45, 2.75) is 6.92 Å². The highest BCUT2D eigenvalue weighted by Crippen LogP contribution is 2.33. The number of benzene rings is 1. The lowest BCUT2D eigenvalue weighted by Crippen LogP contribution is -1.87. The van der Waals surface area contributed by atoms with Crippen molar-refractivity contribution >= 4 is 29.1 Å². The lowest BCUT2D eigenvalue weighted by Gasteiger charge is -2.04. The summed E-state index contributed by atoms with van der Waals surface area (Å²) in [7, 11) is 1.66. The molecule has 2 aromatic rings. The van der Waals surface area contributed by atoms with Crippen LogP contribution in [0.25, 0.3) is 11.5 Å². The van der Waals surface area contributed by atoms with Crippen molar-refractivity contribution in [1.82, 2.24) is 4.98 Å². The van der Waals surface area contributed by atoms with Crippen LogP contribution in [0.2, 0.25) is 10.0 Å². The van der Waals surface area contributed by atoms with E-state index in [4.69, 9.17) is 32.9 Å². The van der Waals surface area contributed by atoms with Gasteiger partial charge in [-0.1, -0.05) is 23.2 Å². The van der Waals surface area contributed by atoms with Gasteiger partial charge in [0, 0.05) is 22.7 Å². The van der Waals surface area contributed by atoms with Gasteiger partial charge < -0.3 is 9.73 Å². The third kappa shape index (κ3) is 2.15. The fourth-order valence-corrected chi connectivity index (χ4v) is 2.04. The average molecular weight is 282 g/mol. The molecule has 1 aromatic carbocycles. The highest BCUT2D eigenvalue weighted by Gasteiger charge is 2.16. The maximum Gasteiger partial charge on any atom is 0.232 e. The summed E-state index contributed by atoms with van der Waals surface area (Å²) in [6.07, 6.45) is 0. The van der Waals surface area contributed by atoms with E-state index in [0.29, 0.717) is 27.4 Å². The number of anilines is 1. The quantitative estimate of drug-likeness (QED) is 0.908. The largest absolute Gasteiger partial charge is 0.419 e. The van der Waals surface area contributed by atoms with Crippen LogP contribution in [0, 0.1) is 18.3 Å². The number of nitriles is 1. The molecular weight excluding hydrogens is 273 g/mol. The molecule has 0 unspecified atom stereocenters. The zero-order chi connectivity index (χ0) is 13.3. The molecule has 6 heteroatoms. The molecule has 0 spiro atoms. The van der Waals surface area contributed by atoms with Gasteiger partial charge in [-0.3, -0.25) is 0 Å². The van der Waals surface area contributed by atoms with E-state index < -0.39 is 0 Å². The van der Waals surface area contributed by atoms with E-state index in [-0.39, 0.29) is 5.69 Å². The van der Waals surface area contributed by atoms with Gasteiger partial charge in [0.25, 0.3) is 0 Å². The van der Waals surface area contributed by atoms with Crippen LogP contribution in [0.5, 0.6) is 0 Å². The Kier molecular flexibility index (Phi) is 3.46. The molecule has 0 saturated carbocycles. The minimum absolute atomic E-state index is 0.197. The molecule has 0 radical (unpaired) electrons. The number of aromatic nitrogens is 1. The van der Waals surface area contributed by atoms with Crippen molar-refractivity contribution in [3.63, 3.8) is 0 Å². The van der Waals surface area contributed by atoms with Crippen LogP contribution in [-0.2, 0) is 0 Å². The molecule has 92 valence electrons. The fourth-order valence-electron chi connectivity index (χ4n) is 1.55. The first kappa shape index (κ1) is 12.7. The van der Waals surface area contributed by atoms with Crippen molar-refractivity contribution in [1.29, 1.82) is 5.26 Å². The maximum atomic E-state index is 8.92. The minimum atomic E-state index is 0.197. The standard InChI is InChI=1S/C12H9Cl2N3O/c1-6-8(3-7(13)4-9(6)14)11-17-10(5-15)12(16-2)18-11/h3-4,16H,1-2H3. The molecule has 0 aliphatic rings. The predicted octanol–water partition coefficient (Wildman–Crippen LogP) is 3.87. The second-order valence-corrected chi connectivity index (χ2v) is 4.46. The first-order valence-electron chi connectivity index (χ1n) is 5.11. The summed E-state index contributed by atoms with van der Waals surface area (Å²) >= 11 is 12.0. The molecule has 0 aliphatic carbocycles. The molecule has 0 atom stereocenters. The zero-order valence-electron chi connectivity index (χ0n) is 9.71. The molecular formula is C12H9Cl2N3O. The molecule has 2 rings (SSSR count). The van der Waals surface area contributed by atoms with Crippen LogP contribution in [-0.4, -0.2) is 12.0 Å². The Hall–Kier alpha value is -1.70. The number of nitrogens with one attached hydrogen (secondary N) is 1. The van der Waals surface area contributed by atoms with Gasteiger partial charge in [0.05, 0.1) is 0 Å². The number of hydrogen-bond acceptors (Lipinski definition) is 4. The number of oxazole rings is 1. The Morgan fingerprint density at radius 3 is 2.67 bits per heavy atom. The molecule has 0 amide bonds. The summed E-state index contributed by atoms with van der Waals surface area (Å²) < 4.78 is 5.47. The maximum absolute atomic E-state index is 8.92. The molecule has 0 bridgehead atoms. The fraction of sp³-hybridized carbons (Fsp3) is 0.167. The van der Waals surface area contributed by atoms with Gasteiger partial charge in [-0.25, -0.2) is 0 Å². The Balaban J connectivity index is 2.63. The summed E-state index contributed by atoms with van der Waals surface area (Å²) in [4.78, 5) is 4.11. The van der Waals surface area contributed by atoms with Gasteiger partial charge in [0.2, 0.25) is 17.5 Å². The normalized spacial score (nSPS) is 10.2. The number of rotatable bonds is 2. The highest BCUT2D eigenvalue weighted by atomic mass is 35.5. The predicted molar refractivity (Wildman–Crippen MR) is 71.0 cm³/mol. The topological polar surface area (TPSA) is 61.9 Å². The molecule has 4 nitrogen and oxygen atoms in total. The second-order valence-electron chi connectivity index (χ2n) is 3.62. The van der Waals surface area contributed by atoms with E-state index in [0.717, 1.165) is 5.56 Å². The Morgan fingerprint density at radius 2 is 2.11 bits per heavy atom. The first-order valence-corrected chi connectivity index (χ1v) is 5.87. The van der Waals surface area contributed by atoms with Gasteiger partial charge in [0.1, 0.15) is 6.07 Å². The first-order chi connectivity index (χ1) is 8.56. The van der Waals surface area contributed by atoms with E-state index >= 15 is 0 Å². The Bertz CT molecular complexity index is 644. The smallest absolute Gasteiger partial charge is 0.232 e. The molecule has 1 aromatic heterocycles. The van der Waals surface area contributed by atoms with Crippen LogP contribution < -0.4 is 5.32 Å². The van der Waals surface area contributed by atoms with Crippen LogP contribution >= 0.6 is 23.2 Å². The van der Waals surface area contributed by atoms with E-state index in [1.807, 2.05) is 13.0 Å². The SMILES string of the molecule is CNc1oc(-c2cc(Cl)cc(Cl)c2C)nc1C#N. The van der Waals surface area contributed by atoms with E-state index in [1.165, 1.54) is 0 Å². The summed E-state index contributed by atoms with van der Waals surface area (Å²) in [5, 5.41) is 12.7. The van der Waals surface area contributed by atoms with Crippen LogP contribution in [0.15, 0.2) is 16.5 Å². The third-order valence-electron chi connectivity index (χ3n) is 2.50. The van der Waals surface area contributed by atoms with Gasteiger partial charge in [-0.05, 0) is 24.6 Å². The summed E-state index contributed by atoms with van der Waals surface area (Å²) in [5.74, 6) is 0.640. The average Bonchev–Trinajstić information content (AvgIpc) is 2.76. The summed E-state index contributed by atoms with van der Waals surface area (Å²) in [6, 6.07) is 5.30. The molecule has 0 saturated heterocycles. The molecule has 1 heterocycles. The van der Waals surface area contributed by atoms with Crippen molar-refractivity contribution in [3.05, 3.63) is 33.4 Å². The van der Waals surface area contributed by atoms with E-state index in [1.54, 1.807) is 19.2 Å². The van der Waals surface area contributed by atoms with Crippen LogP contribution in [0.1, 0.15) is 11.3 Å². The molecule has 18 heavy (non-hydrogen) atoms. The van der Waals surface area contributed by atoms with Crippen molar-refractivity contribution in [2.24, 2.45) is 0 Å². The number of hydrogen-bond donors (Lipinski definition) is 1. The monoisotopic (exact) mass is 281 g/mol. The minimum Gasteiger partial charge on any atom is -0.419 e. The third-order valence-corrected chi connectivity index (χ3v) is 3.11. The van der Waals surface area contributed by atoms with Crippen LogP contribution in [0.4, 0.5) is 5.88 Å².